The Morgan fingerprint density at radius 2 is 1.93 bits per heavy atom. The van der Waals surface area contributed by atoms with Crippen LogP contribution in [0.4, 0.5) is 9.18 Å². The number of carbonyl (C=O) groups excluding carboxylic acids is 2. The highest BCUT2D eigenvalue weighted by Crippen LogP contribution is 2.22. The van der Waals surface area contributed by atoms with Gasteiger partial charge >= 0.3 is 6.03 Å². The first-order valence-corrected chi connectivity index (χ1v) is 11.2. The highest BCUT2D eigenvalue weighted by molar-refractivity contribution is 7.89. The second-order valence-electron chi connectivity index (χ2n) is 7.38. The fourth-order valence-electron chi connectivity index (χ4n) is 2.75. The summed E-state index contributed by atoms with van der Waals surface area (Å²) < 4.78 is 46.4. The Morgan fingerprint density at radius 1 is 1.21 bits per heavy atom. The standard InChI is InChI=1S/C19H28FN3O5S/c1-14(2)13-28-17-11-15(7-8-16(17)20)29(26,27)21-9-5-3-4-6-10-23-12-18(24)22-19(23)25/h7-8,11,14,21H,3-6,9-10,12-13H2,1-2H3,(H,22,24,25). The van der Waals surface area contributed by atoms with E-state index in [1.165, 1.54) is 17.0 Å². The van der Waals surface area contributed by atoms with Gasteiger partial charge in [0.15, 0.2) is 11.6 Å². The summed E-state index contributed by atoms with van der Waals surface area (Å²) in [6.07, 6.45) is 2.95. The van der Waals surface area contributed by atoms with Crippen molar-refractivity contribution < 1.29 is 27.1 Å². The number of ether oxygens (including phenoxy) is 1. The average molecular weight is 430 g/mol. The topological polar surface area (TPSA) is 105 Å². The van der Waals surface area contributed by atoms with Crippen molar-refractivity contribution in [3.05, 3.63) is 24.0 Å². The molecule has 0 saturated carbocycles. The minimum absolute atomic E-state index is 0.0395. The van der Waals surface area contributed by atoms with Crippen molar-refractivity contribution in [1.29, 1.82) is 0 Å². The van der Waals surface area contributed by atoms with Crippen molar-refractivity contribution in [2.75, 3.05) is 26.2 Å². The normalized spacial score (nSPS) is 14.6. The van der Waals surface area contributed by atoms with Crippen LogP contribution < -0.4 is 14.8 Å². The van der Waals surface area contributed by atoms with Gasteiger partial charge in [-0.3, -0.25) is 10.1 Å². The van der Waals surface area contributed by atoms with Crippen LogP contribution in [-0.2, 0) is 14.8 Å². The first-order valence-electron chi connectivity index (χ1n) is 9.70. The summed E-state index contributed by atoms with van der Waals surface area (Å²) in [5.74, 6) is -0.778. The van der Waals surface area contributed by atoms with E-state index in [2.05, 4.69) is 10.0 Å². The Kier molecular flexibility index (Phi) is 8.39. The number of urea groups is 1. The van der Waals surface area contributed by atoms with Crippen LogP contribution in [0, 0.1) is 11.7 Å². The lowest BCUT2D eigenvalue weighted by Crippen LogP contribution is -2.29. The molecule has 1 aliphatic rings. The molecule has 0 bridgehead atoms. The molecule has 1 fully saturated rings. The number of benzene rings is 1. The third kappa shape index (κ3) is 7.28. The molecule has 8 nitrogen and oxygen atoms in total. The predicted molar refractivity (Wildman–Crippen MR) is 106 cm³/mol. The van der Waals surface area contributed by atoms with E-state index in [1.807, 2.05) is 13.8 Å². The quantitative estimate of drug-likeness (QED) is 0.392. The minimum atomic E-state index is -3.75. The fraction of sp³-hybridized carbons (Fsp3) is 0.579. The Bertz CT molecular complexity index is 829. The van der Waals surface area contributed by atoms with Crippen molar-refractivity contribution >= 4 is 22.0 Å². The number of halogens is 1. The van der Waals surface area contributed by atoms with Gasteiger partial charge in [-0.1, -0.05) is 26.7 Å². The van der Waals surface area contributed by atoms with Gasteiger partial charge in [-0.15, -0.1) is 0 Å². The number of nitrogens with zero attached hydrogens (tertiary/aromatic N) is 1. The van der Waals surface area contributed by atoms with Gasteiger partial charge in [-0.05, 0) is 30.9 Å². The van der Waals surface area contributed by atoms with Crippen molar-refractivity contribution in [3.63, 3.8) is 0 Å². The van der Waals surface area contributed by atoms with Crippen molar-refractivity contribution in [1.82, 2.24) is 14.9 Å². The molecule has 2 N–H and O–H groups in total. The summed E-state index contributed by atoms with van der Waals surface area (Å²) in [4.78, 5) is 23.9. The molecule has 1 aromatic carbocycles. The van der Waals surface area contributed by atoms with Crippen LogP contribution in [0.1, 0.15) is 39.5 Å². The zero-order valence-electron chi connectivity index (χ0n) is 16.7. The van der Waals surface area contributed by atoms with Crippen molar-refractivity contribution in [3.8, 4) is 5.75 Å². The van der Waals surface area contributed by atoms with E-state index in [0.29, 0.717) is 19.6 Å². The smallest absolute Gasteiger partial charge is 0.324 e. The number of carbonyl (C=O) groups is 2. The van der Waals surface area contributed by atoms with E-state index in [0.717, 1.165) is 25.3 Å². The summed E-state index contributed by atoms with van der Waals surface area (Å²) in [6.45, 7) is 4.97. The first kappa shape index (κ1) is 23.1. The SMILES string of the molecule is CC(C)COc1cc(S(=O)(=O)NCCCCCCN2CC(=O)NC2=O)ccc1F. The number of sulfonamides is 1. The van der Waals surface area contributed by atoms with Crippen molar-refractivity contribution in [2.24, 2.45) is 5.92 Å². The maximum atomic E-state index is 13.8. The number of amides is 3. The maximum absolute atomic E-state index is 13.8. The van der Waals surface area contributed by atoms with Crippen LogP contribution in [0.25, 0.3) is 0 Å². The molecule has 0 radical (unpaired) electrons. The van der Waals surface area contributed by atoms with E-state index >= 15 is 0 Å². The van der Waals surface area contributed by atoms with Gasteiger partial charge in [0.1, 0.15) is 6.54 Å². The summed E-state index contributed by atoms with van der Waals surface area (Å²) in [6, 6.07) is 3.13. The Morgan fingerprint density at radius 3 is 2.59 bits per heavy atom. The van der Waals surface area contributed by atoms with E-state index in [1.54, 1.807) is 0 Å². The molecule has 1 saturated heterocycles. The number of nitrogens with one attached hydrogen (secondary N) is 2. The van der Waals surface area contributed by atoms with E-state index in [4.69, 9.17) is 4.74 Å². The van der Waals surface area contributed by atoms with Gasteiger partial charge in [0, 0.05) is 19.2 Å². The highest BCUT2D eigenvalue weighted by Gasteiger charge is 2.25. The molecule has 10 heteroatoms. The zero-order valence-corrected chi connectivity index (χ0v) is 17.6. The summed E-state index contributed by atoms with van der Waals surface area (Å²) >= 11 is 0. The Labute approximate surface area is 170 Å². The molecule has 0 atom stereocenters. The average Bonchev–Trinajstić information content (AvgIpc) is 2.97. The molecule has 0 spiro atoms. The minimum Gasteiger partial charge on any atom is -0.490 e. The number of imide groups is 1. The van der Waals surface area contributed by atoms with Gasteiger partial charge in [0.2, 0.25) is 15.9 Å². The second-order valence-corrected chi connectivity index (χ2v) is 9.15. The molecule has 1 heterocycles. The van der Waals surface area contributed by atoms with Crippen LogP contribution in [0.3, 0.4) is 0 Å². The van der Waals surface area contributed by atoms with Gasteiger partial charge in [-0.2, -0.15) is 0 Å². The van der Waals surface area contributed by atoms with E-state index < -0.39 is 15.8 Å². The molecule has 0 aromatic heterocycles. The van der Waals surface area contributed by atoms with E-state index in [-0.39, 0.29) is 41.6 Å². The molecule has 2 rings (SSSR count). The maximum Gasteiger partial charge on any atom is 0.324 e. The lowest BCUT2D eigenvalue weighted by molar-refractivity contribution is -0.118. The number of hydrogen-bond acceptors (Lipinski definition) is 5. The summed E-state index contributed by atoms with van der Waals surface area (Å²) in [5.41, 5.74) is 0. The highest BCUT2D eigenvalue weighted by atomic mass is 32.2. The Balaban J connectivity index is 1.72. The third-order valence-corrected chi connectivity index (χ3v) is 5.76. The van der Waals surface area contributed by atoms with Crippen molar-refractivity contribution in [2.45, 2.75) is 44.4 Å². The van der Waals surface area contributed by atoms with Crippen LogP contribution in [0.5, 0.6) is 5.75 Å². The molecule has 3 amide bonds. The van der Waals surface area contributed by atoms with Gasteiger partial charge in [0.05, 0.1) is 11.5 Å². The zero-order chi connectivity index (χ0) is 21.4. The fourth-order valence-corrected chi connectivity index (χ4v) is 3.84. The molecular weight excluding hydrogens is 401 g/mol. The molecule has 162 valence electrons. The van der Waals surface area contributed by atoms with Gasteiger partial charge in [0.25, 0.3) is 0 Å². The number of rotatable bonds is 12. The summed E-state index contributed by atoms with van der Waals surface area (Å²) in [7, 11) is -3.75. The molecular formula is C19H28FN3O5S. The third-order valence-electron chi connectivity index (χ3n) is 4.30. The molecule has 0 aliphatic carbocycles. The molecule has 1 aliphatic heterocycles. The molecule has 29 heavy (non-hydrogen) atoms. The van der Waals surface area contributed by atoms with Crippen LogP contribution in [0.15, 0.2) is 23.1 Å². The largest absolute Gasteiger partial charge is 0.490 e. The van der Waals surface area contributed by atoms with Crippen LogP contribution >= 0.6 is 0 Å². The first-order chi connectivity index (χ1) is 13.7. The predicted octanol–water partition coefficient (Wildman–Crippen LogP) is 2.25. The number of unbranched alkanes of at least 4 members (excludes halogenated alkanes) is 3. The molecule has 1 aromatic rings. The Hall–Kier alpha value is -2.20. The second kappa shape index (κ2) is 10.5. The van der Waals surface area contributed by atoms with Crippen LogP contribution in [0.2, 0.25) is 0 Å². The summed E-state index contributed by atoms with van der Waals surface area (Å²) in [5, 5.41) is 2.22. The lowest BCUT2D eigenvalue weighted by atomic mass is 10.2. The molecule has 0 unspecified atom stereocenters. The lowest BCUT2D eigenvalue weighted by Gasteiger charge is -2.13. The van der Waals surface area contributed by atoms with E-state index in [9.17, 15) is 22.4 Å². The van der Waals surface area contributed by atoms with Crippen LogP contribution in [-0.4, -0.2) is 51.5 Å². The monoisotopic (exact) mass is 429 g/mol. The van der Waals surface area contributed by atoms with Gasteiger partial charge < -0.3 is 9.64 Å². The van der Waals surface area contributed by atoms with Gasteiger partial charge in [-0.25, -0.2) is 22.3 Å². The number of hydrogen-bond donors (Lipinski definition) is 2.